The number of aromatic nitrogens is 1. The normalized spacial score (nSPS) is 24.3. The first-order chi connectivity index (χ1) is 7.33. The van der Waals surface area contributed by atoms with Crippen molar-refractivity contribution >= 4 is 5.84 Å². The lowest BCUT2D eigenvalue weighted by Crippen LogP contribution is -2.32. The second-order valence-electron chi connectivity index (χ2n) is 3.72. The molecule has 0 aliphatic carbocycles. The highest BCUT2D eigenvalue weighted by Gasteiger charge is 2.29. The van der Waals surface area contributed by atoms with E-state index in [0.29, 0.717) is 6.61 Å². The second kappa shape index (κ2) is 4.35. The van der Waals surface area contributed by atoms with Crippen molar-refractivity contribution in [3.05, 3.63) is 24.5 Å². The van der Waals surface area contributed by atoms with Gasteiger partial charge in [0.2, 0.25) is 0 Å². The van der Waals surface area contributed by atoms with E-state index < -0.39 is 0 Å². The van der Waals surface area contributed by atoms with Crippen molar-refractivity contribution in [2.24, 2.45) is 16.8 Å². The lowest BCUT2D eigenvalue weighted by atomic mass is 9.98. The molecule has 0 unspecified atom stereocenters. The largest absolute Gasteiger partial charge is 0.409 e. The van der Waals surface area contributed by atoms with Crippen LogP contribution in [0.2, 0.25) is 0 Å². The van der Waals surface area contributed by atoms with Crippen LogP contribution in [0.3, 0.4) is 0 Å². The molecule has 15 heavy (non-hydrogen) atoms. The Balaban J connectivity index is 2.23. The van der Waals surface area contributed by atoms with Gasteiger partial charge in [-0.25, -0.2) is 0 Å². The lowest BCUT2D eigenvalue weighted by molar-refractivity contribution is 0.179. The van der Waals surface area contributed by atoms with E-state index in [1.54, 1.807) is 0 Å². The van der Waals surface area contributed by atoms with Crippen molar-refractivity contribution in [2.75, 3.05) is 13.2 Å². The van der Waals surface area contributed by atoms with Crippen LogP contribution >= 0.6 is 0 Å². The first-order valence-electron chi connectivity index (χ1n) is 5.00. The zero-order chi connectivity index (χ0) is 10.7. The minimum atomic E-state index is -0.104. The van der Waals surface area contributed by atoms with E-state index in [-0.39, 0.29) is 17.8 Å². The molecule has 0 spiro atoms. The van der Waals surface area contributed by atoms with Crippen LogP contribution in [0, 0.1) is 5.92 Å². The van der Waals surface area contributed by atoms with Crippen molar-refractivity contribution < 1.29 is 9.94 Å². The Morgan fingerprint density at radius 1 is 1.53 bits per heavy atom. The molecule has 1 aliphatic rings. The summed E-state index contributed by atoms with van der Waals surface area (Å²) in [6.45, 7) is 1.42. The molecular formula is C10H15N3O2. The zero-order valence-electron chi connectivity index (χ0n) is 8.41. The standard InChI is InChI=1S/C10H15N3O2/c11-10(12-14)9(8-3-6-15-7-8)13-4-1-2-5-13/h1-2,4-5,8-9,14H,3,6-7H2,(H2,11,12)/t8-,9-/m0/s1. The Labute approximate surface area is 88.1 Å². The SMILES string of the molecule is NC(=NO)[C@H]([C@H]1CCOC1)n1cccc1. The Morgan fingerprint density at radius 2 is 2.27 bits per heavy atom. The average Bonchev–Trinajstić information content (AvgIpc) is 2.90. The Hall–Kier alpha value is -1.49. The summed E-state index contributed by atoms with van der Waals surface area (Å²) in [6, 6.07) is 3.74. The van der Waals surface area contributed by atoms with Crippen LogP contribution in [0.25, 0.3) is 0 Å². The Kier molecular flexibility index (Phi) is 2.91. The molecule has 1 saturated heterocycles. The lowest BCUT2D eigenvalue weighted by Gasteiger charge is -2.22. The van der Waals surface area contributed by atoms with Gasteiger partial charge in [-0.15, -0.1) is 0 Å². The van der Waals surface area contributed by atoms with Crippen LogP contribution in [-0.4, -0.2) is 28.8 Å². The molecule has 3 N–H and O–H groups in total. The van der Waals surface area contributed by atoms with Crippen LogP contribution in [-0.2, 0) is 4.74 Å². The van der Waals surface area contributed by atoms with E-state index in [1.165, 1.54) is 0 Å². The molecule has 2 heterocycles. The first kappa shape index (κ1) is 10.0. The number of ether oxygens (including phenoxy) is 1. The van der Waals surface area contributed by atoms with Crippen molar-refractivity contribution in [1.29, 1.82) is 0 Å². The summed E-state index contributed by atoms with van der Waals surface area (Å²) >= 11 is 0. The van der Waals surface area contributed by atoms with E-state index >= 15 is 0 Å². The molecule has 1 aliphatic heterocycles. The summed E-state index contributed by atoms with van der Waals surface area (Å²) in [4.78, 5) is 0. The van der Waals surface area contributed by atoms with Crippen molar-refractivity contribution in [1.82, 2.24) is 4.57 Å². The number of nitrogens with zero attached hydrogens (tertiary/aromatic N) is 2. The smallest absolute Gasteiger partial charge is 0.162 e. The van der Waals surface area contributed by atoms with E-state index in [4.69, 9.17) is 15.7 Å². The maximum atomic E-state index is 8.77. The van der Waals surface area contributed by atoms with Crippen molar-refractivity contribution in [2.45, 2.75) is 12.5 Å². The highest BCUT2D eigenvalue weighted by atomic mass is 16.5. The van der Waals surface area contributed by atoms with Gasteiger partial charge < -0.3 is 20.2 Å². The van der Waals surface area contributed by atoms with E-state index in [0.717, 1.165) is 13.0 Å². The molecule has 0 aromatic carbocycles. The van der Waals surface area contributed by atoms with Gasteiger partial charge in [-0.2, -0.15) is 0 Å². The number of hydrogen-bond acceptors (Lipinski definition) is 3. The van der Waals surface area contributed by atoms with Gasteiger partial charge in [0.1, 0.15) is 0 Å². The Morgan fingerprint density at radius 3 is 2.80 bits per heavy atom. The van der Waals surface area contributed by atoms with E-state index in [1.807, 2.05) is 29.1 Å². The number of hydrogen-bond donors (Lipinski definition) is 2. The first-order valence-corrected chi connectivity index (χ1v) is 5.00. The minimum absolute atomic E-state index is 0.104. The van der Waals surface area contributed by atoms with Crippen molar-refractivity contribution in [3.63, 3.8) is 0 Å². The van der Waals surface area contributed by atoms with Gasteiger partial charge in [0.25, 0.3) is 0 Å². The summed E-state index contributed by atoms with van der Waals surface area (Å²) in [7, 11) is 0. The van der Waals surface area contributed by atoms with Gasteiger partial charge in [-0.1, -0.05) is 5.16 Å². The van der Waals surface area contributed by atoms with E-state index in [9.17, 15) is 0 Å². The quantitative estimate of drug-likeness (QED) is 0.335. The molecule has 0 radical (unpaired) electrons. The summed E-state index contributed by atoms with van der Waals surface area (Å²) in [5.41, 5.74) is 5.71. The highest BCUT2D eigenvalue weighted by molar-refractivity contribution is 5.84. The summed E-state index contributed by atoms with van der Waals surface area (Å²) in [5, 5.41) is 11.9. The number of amidine groups is 1. The fourth-order valence-electron chi connectivity index (χ4n) is 2.03. The van der Waals surface area contributed by atoms with Gasteiger partial charge in [0.05, 0.1) is 12.6 Å². The summed E-state index contributed by atoms with van der Waals surface area (Å²) < 4.78 is 7.28. The fraction of sp³-hybridized carbons (Fsp3) is 0.500. The topological polar surface area (TPSA) is 72.8 Å². The number of oxime groups is 1. The highest BCUT2D eigenvalue weighted by Crippen LogP contribution is 2.26. The third-order valence-corrected chi connectivity index (χ3v) is 2.78. The van der Waals surface area contributed by atoms with Crippen LogP contribution < -0.4 is 5.73 Å². The zero-order valence-corrected chi connectivity index (χ0v) is 8.41. The van der Waals surface area contributed by atoms with E-state index in [2.05, 4.69) is 5.16 Å². The molecule has 0 saturated carbocycles. The minimum Gasteiger partial charge on any atom is -0.409 e. The molecule has 0 amide bonds. The van der Waals surface area contributed by atoms with Gasteiger partial charge >= 0.3 is 0 Å². The van der Waals surface area contributed by atoms with Crippen LogP contribution in [0.4, 0.5) is 0 Å². The molecular weight excluding hydrogens is 194 g/mol. The molecule has 82 valence electrons. The molecule has 1 fully saturated rings. The predicted molar refractivity (Wildman–Crippen MR) is 55.8 cm³/mol. The number of nitrogens with two attached hydrogens (primary N) is 1. The summed E-state index contributed by atoms with van der Waals surface area (Å²) in [6.07, 6.45) is 4.78. The summed E-state index contributed by atoms with van der Waals surface area (Å²) in [5.74, 6) is 0.523. The molecule has 2 rings (SSSR count). The predicted octanol–water partition coefficient (Wildman–Crippen LogP) is 0.812. The van der Waals surface area contributed by atoms with Crippen LogP contribution in [0.1, 0.15) is 12.5 Å². The molecule has 1 aromatic rings. The molecule has 0 bridgehead atoms. The van der Waals surface area contributed by atoms with Gasteiger partial charge in [-0.3, -0.25) is 0 Å². The Bertz CT molecular complexity index is 328. The van der Waals surface area contributed by atoms with Gasteiger partial charge in [0.15, 0.2) is 5.84 Å². The molecule has 2 atom stereocenters. The van der Waals surface area contributed by atoms with Gasteiger partial charge in [0, 0.05) is 24.9 Å². The third kappa shape index (κ3) is 1.97. The van der Waals surface area contributed by atoms with Crippen molar-refractivity contribution in [3.8, 4) is 0 Å². The third-order valence-electron chi connectivity index (χ3n) is 2.78. The number of rotatable bonds is 3. The van der Waals surface area contributed by atoms with Crippen LogP contribution in [0.5, 0.6) is 0 Å². The maximum absolute atomic E-state index is 8.77. The molecule has 5 nitrogen and oxygen atoms in total. The maximum Gasteiger partial charge on any atom is 0.162 e. The van der Waals surface area contributed by atoms with Crippen LogP contribution in [0.15, 0.2) is 29.7 Å². The molecule has 5 heteroatoms. The average molecular weight is 209 g/mol. The monoisotopic (exact) mass is 209 g/mol. The van der Waals surface area contributed by atoms with Gasteiger partial charge in [-0.05, 0) is 18.6 Å². The fourth-order valence-corrected chi connectivity index (χ4v) is 2.03. The molecule has 1 aromatic heterocycles. The second-order valence-corrected chi connectivity index (χ2v) is 3.72.